The number of benzene rings is 1. The molecule has 1 aromatic heterocycles. The van der Waals surface area contributed by atoms with Crippen LogP contribution >= 0.6 is 0 Å². The van der Waals surface area contributed by atoms with Gasteiger partial charge in [0.2, 0.25) is 0 Å². The Labute approximate surface area is 140 Å². The van der Waals surface area contributed by atoms with Gasteiger partial charge in [0.1, 0.15) is 11.5 Å². The molecule has 0 radical (unpaired) electrons. The smallest absolute Gasteiger partial charge is 0.268 e. The first-order valence-electron chi connectivity index (χ1n) is 8.74. The minimum atomic E-state index is -0.409. The number of nitrogens with one attached hydrogen (secondary N) is 1. The molecule has 5 heteroatoms. The van der Waals surface area contributed by atoms with Gasteiger partial charge in [-0.2, -0.15) is 0 Å². The van der Waals surface area contributed by atoms with Crippen LogP contribution in [0, 0.1) is 5.82 Å². The minimum Gasteiger partial charge on any atom is -0.348 e. The summed E-state index contributed by atoms with van der Waals surface area (Å²) < 4.78 is 15.0. The van der Waals surface area contributed by atoms with Gasteiger partial charge >= 0.3 is 0 Å². The van der Waals surface area contributed by atoms with Crippen LogP contribution in [0.25, 0.3) is 10.8 Å². The predicted octanol–water partition coefficient (Wildman–Crippen LogP) is 3.61. The first kappa shape index (κ1) is 16.7. The highest BCUT2D eigenvalue weighted by Gasteiger charge is 2.20. The van der Waals surface area contributed by atoms with Crippen LogP contribution in [-0.2, 0) is 6.54 Å². The number of aromatic nitrogens is 1. The number of halogens is 1. The summed E-state index contributed by atoms with van der Waals surface area (Å²) in [7, 11) is 0. The summed E-state index contributed by atoms with van der Waals surface area (Å²) in [6.45, 7) is 2.43. The number of rotatable bonds is 4. The standard InChI is InChI=1S/C19H23FN2O2/c1-2-10-22-17(18(23)21-15-6-4-3-5-7-15)12-13-11-14(20)8-9-16(13)19(22)24/h8-9,11-12,15H,2-7,10H2,1H3,(H,21,23). The molecule has 128 valence electrons. The Morgan fingerprint density at radius 1 is 1.25 bits per heavy atom. The molecule has 1 aliphatic rings. The molecular weight excluding hydrogens is 307 g/mol. The van der Waals surface area contributed by atoms with E-state index < -0.39 is 5.82 Å². The van der Waals surface area contributed by atoms with Crippen LogP contribution in [0.1, 0.15) is 55.9 Å². The highest BCUT2D eigenvalue weighted by atomic mass is 19.1. The Hall–Kier alpha value is -2.17. The maximum Gasteiger partial charge on any atom is 0.268 e. The van der Waals surface area contributed by atoms with Crippen LogP contribution in [-0.4, -0.2) is 16.5 Å². The van der Waals surface area contributed by atoms with Crippen LogP contribution in [0.15, 0.2) is 29.1 Å². The van der Waals surface area contributed by atoms with Crippen LogP contribution in [0.3, 0.4) is 0 Å². The molecule has 1 aliphatic carbocycles. The van der Waals surface area contributed by atoms with Crippen LogP contribution in [0.2, 0.25) is 0 Å². The second-order valence-corrected chi connectivity index (χ2v) is 6.53. The number of amides is 1. The summed E-state index contributed by atoms with van der Waals surface area (Å²) in [6, 6.07) is 5.88. The van der Waals surface area contributed by atoms with Gasteiger partial charge in [-0.25, -0.2) is 4.39 Å². The number of carbonyl (C=O) groups is 1. The lowest BCUT2D eigenvalue weighted by molar-refractivity contribution is 0.0917. The summed E-state index contributed by atoms with van der Waals surface area (Å²) in [5, 5.41) is 3.96. The molecule has 3 rings (SSSR count). The third-order valence-electron chi connectivity index (χ3n) is 4.69. The molecule has 0 atom stereocenters. The Balaban J connectivity index is 2.02. The highest BCUT2D eigenvalue weighted by Crippen LogP contribution is 2.19. The summed E-state index contributed by atoms with van der Waals surface area (Å²) in [5.74, 6) is -0.646. The fourth-order valence-corrected chi connectivity index (χ4v) is 3.47. The van der Waals surface area contributed by atoms with Gasteiger partial charge in [0.15, 0.2) is 0 Å². The van der Waals surface area contributed by atoms with Crippen LogP contribution in [0.4, 0.5) is 4.39 Å². The third-order valence-corrected chi connectivity index (χ3v) is 4.69. The number of pyridine rings is 1. The molecule has 0 unspecified atom stereocenters. The van der Waals surface area contributed by atoms with Crippen molar-refractivity contribution in [2.24, 2.45) is 0 Å². The molecule has 1 N–H and O–H groups in total. The Bertz CT molecular complexity index is 807. The van der Waals surface area contributed by atoms with Crippen molar-refractivity contribution < 1.29 is 9.18 Å². The molecule has 0 spiro atoms. The van der Waals surface area contributed by atoms with E-state index in [-0.39, 0.29) is 17.5 Å². The summed E-state index contributed by atoms with van der Waals surface area (Å²) in [5.41, 5.74) is 0.0914. The molecule has 24 heavy (non-hydrogen) atoms. The fourth-order valence-electron chi connectivity index (χ4n) is 3.47. The van der Waals surface area contributed by atoms with Gasteiger partial charge < -0.3 is 9.88 Å². The molecule has 1 aromatic carbocycles. The van der Waals surface area contributed by atoms with E-state index in [0.717, 1.165) is 32.1 Å². The minimum absolute atomic E-state index is 0.166. The van der Waals surface area contributed by atoms with Crippen LogP contribution in [0.5, 0.6) is 0 Å². The van der Waals surface area contributed by atoms with Crippen molar-refractivity contribution in [2.75, 3.05) is 0 Å². The lowest BCUT2D eigenvalue weighted by Gasteiger charge is -2.23. The number of hydrogen-bond donors (Lipinski definition) is 1. The normalized spacial score (nSPS) is 15.6. The van der Waals surface area contributed by atoms with Crippen molar-refractivity contribution in [3.8, 4) is 0 Å². The molecule has 2 aromatic rings. The molecule has 1 heterocycles. The molecule has 0 saturated heterocycles. The van der Waals surface area contributed by atoms with Gasteiger partial charge in [0.25, 0.3) is 11.5 Å². The van der Waals surface area contributed by atoms with Crippen molar-refractivity contribution in [1.29, 1.82) is 0 Å². The van der Waals surface area contributed by atoms with Gasteiger partial charge in [-0.15, -0.1) is 0 Å². The zero-order valence-corrected chi connectivity index (χ0v) is 14.0. The summed E-state index contributed by atoms with van der Waals surface area (Å²) >= 11 is 0. The maximum atomic E-state index is 13.5. The van der Waals surface area contributed by atoms with E-state index in [1.807, 2.05) is 6.92 Å². The SMILES string of the molecule is CCCn1c(C(=O)NC2CCCCC2)cc2cc(F)ccc2c1=O. The molecule has 0 bridgehead atoms. The van der Waals surface area contributed by atoms with Crippen molar-refractivity contribution in [3.05, 3.63) is 46.1 Å². The van der Waals surface area contributed by atoms with E-state index in [1.165, 1.54) is 29.2 Å². The zero-order valence-electron chi connectivity index (χ0n) is 14.0. The predicted molar refractivity (Wildman–Crippen MR) is 92.8 cm³/mol. The fraction of sp³-hybridized carbons (Fsp3) is 0.474. The Kier molecular flexibility index (Phi) is 4.97. The quantitative estimate of drug-likeness (QED) is 0.931. The summed E-state index contributed by atoms with van der Waals surface area (Å²) in [4.78, 5) is 25.4. The third kappa shape index (κ3) is 3.35. The average molecular weight is 330 g/mol. The summed E-state index contributed by atoms with van der Waals surface area (Å²) in [6.07, 6.45) is 6.15. The topological polar surface area (TPSA) is 51.1 Å². The van der Waals surface area contributed by atoms with Crippen LogP contribution < -0.4 is 10.9 Å². The number of nitrogens with zero attached hydrogens (tertiary/aromatic N) is 1. The van der Waals surface area contributed by atoms with Gasteiger partial charge in [0, 0.05) is 18.0 Å². The number of hydrogen-bond acceptors (Lipinski definition) is 2. The lowest BCUT2D eigenvalue weighted by Crippen LogP contribution is -2.39. The first-order valence-corrected chi connectivity index (χ1v) is 8.74. The lowest BCUT2D eigenvalue weighted by atomic mass is 9.95. The Morgan fingerprint density at radius 2 is 2.00 bits per heavy atom. The molecule has 4 nitrogen and oxygen atoms in total. The Morgan fingerprint density at radius 3 is 2.71 bits per heavy atom. The molecule has 1 fully saturated rings. The number of carbonyl (C=O) groups excluding carboxylic acids is 1. The van der Waals surface area contributed by atoms with Crippen molar-refractivity contribution in [1.82, 2.24) is 9.88 Å². The van der Waals surface area contributed by atoms with E-state index in [2.05, 4.69) is 5.32 Å². The van der Waals surface area contributed by atoms with Gasteiger partial charge in [-0.3, -0.25) is 9.59 Å². The van der Waals surface area contributed by atoms with Crippen molar-refractivity contribution in [2.45, 2.75) is 58.0 Å². The van der Waals surface area contributed by atoms with Crippen molar-refractivity contribution >= 4 is 16.7 Å². The molecule has 1 saturated carbocycles. The van der Waals surface area contributed by atoms with Gasteiger partial charge in [0.05, 0.1) is 0 Å². The van der Waals surface area contributed by atoms with E-state index in [4.69, 9.17) is 0 Å². The van der Waals surface area contributed by atoms with Gasteiger partial charge in [-0.05, 0) is 48.9 Å². The van der Waals surface area contributed by atoms with Crippen molar-refractivity contribution in [3.63, 3.8) is 0 Å². The zero-order chi connectivity index (χ0) is 17.1. The maximum absolute atomic E-state index is 13.5. The first-order chi connectivity index (χ1) is 11.6. The largest absolute Gasteiger partial charge is 0.348 e. The number of fused-ring (bicyclic) bond motifs is 1. The van der Waals surface area contributed by atoms with E-state index in [0.29, 0.717) is 23.0 Å². The van der Waals surface area contributed by atoms with E-state index in [9.17, 15) is 14.0 Å². The highest BCUT2D eigenvalue weighted by molar-refractivity contribution is 5.96. The molecular formula is C19H23FN2O2. The molecule has 1 amide bonds. The second kappa shape index (κ2) is 7.16. The van der Waals surface area contributed by atoms with E-state index >= 15 is 0 Å². The second-order valence-electron chi connectivity index (χ2n) is 6.53. The van der Waals surface area contributed by atoms with Gasteiger partial charge in [-0.1, -0.05) is 26.2 Å². The molecule has 0 aliphatic heterocycles. The van der Waals surface area contributed by atoms with E-state index in [1.54, 1.807) is 6.07 Å². The monoisotopic (exact) mass is 330 g/mol. The average Bonchev–Trinajstić information content (AvgIpc) is 2.58.